The number of benzene rings is 2. The molecule has 0 saturated carbocycles. The van der Waals surface area contributed by atoms with Gasteiger partial charge in [-0.15, -0.1) is 0 Å². The quantitative estimate of drug-likeness (QED) is 0.568. The highest BCUT2D eigenvalue weighted by molar-refractivity contribution is 5.85. The van der Waals surface area contributed by atoms with Crippen molar-refractivity contribution in [1.29, 1.82) is 0 Å². The molecule has 2 aromatic carbocycles. The van der Waals surface area contributed by atoms with Gasteiger partial charge in [0.25, 0.3) is 5.91 Å². The Labute approximate surface area is 193 Å². The van der Waals surface area contributed by atoms with E-state index in [0.717, 1.165) is 48.8 Å². The molecular weight excluding hydrogens is 416 g/mol. The number of hydrogen-bond acceptors (Lipinski definition) is 6. The van der Waals surface area contributed by atoms with Gasteiger partial charge in [-0.1, -0.05) is 36.4 Å². The van der Waals surface area contributed by atoms with Gasteiger partial charge in [-0.25, -0.2) is 4.98 Å². The molecule has 1 spiro atoms. The number of carbonyl (C=O) groups is 1. The molecule has 3 N–H and O–H groups in total. The zero-order valence-electron chi connectivity index (χ0n) is 18.4. The smallest absolute Gasteiger partial charge is 0.262 e. The summed E-state index contributed by atoms with van der Waals surface area (Å²) in [5.74, 6) is 2.36. The molecule has 1 aromatic heterocycles. The maximum absolute atomic E-state index is 13.3. The maximum Gasteiger partial charge on any atom is 0.262 e. The Kier molecular flexibility index (Phi) is 5.77. The van der Waals surface area contributed by atoms with Crippen LogP contribution in [0, 0.1) is 0 Å². The Morgan fingerprint density at radius 3 is 2.67 bits per heavy atom. The first-order valence-electron chi connectivity index (χ1n) is 11.3. The molecule has 0 radical (unpaired) electrons. The standard InChI is InChI=1S/C26H28N4O3/c27-19-10-13-28-23(18-19)30-15-11-26(12-16-30)21-8-4-5-9-22(21)33-24(26)25(31)29-14-17-32-20-6-2-1-3-7-20/h1-10,13,18,24H,11-12,14-17H2,(H2,27,28)(H,29,31). The van der Waals surface area contributed by atoms with Crippen LogP contribution < -0.4 is 25.4 Å². The lowest BCUT2D eigenvalue weighted by Crippen LogP contribution is -2.54. The van der Waals surface area contributed by atoms with Crippen LogP contribution in [0.4, 0.5) is 11.5 Å². The van der Waals surface area contributed by atoms with Crippen LogP contribution >= 0.6 is 0 Å². The number of piperidine rings is 1. The van der Waals surface area contributed by atoms with Crippen molar-refractivity contribution in [2.45, 2.75) is 24.4 Å². The third kappa shape index (κ3) is 4.18. The van der Waals surface area contributed by atoms with Gasteiger partial charge in [0.05, 0.1) is 6.54 Å². The number of ether oxygens (including phenoxy) is 2. The predicted octanol–water partition coefficient (Wildman–Crippen LogP) is 3.16. The van der Waals surface area contributed by atoms with Gasteiger partial charge in [-0.3, -0.25) is 4.79 Å². The van der Waals surface area contributed by atoms with Crippen molar-refractivity contribution >= 4 is 17.4 Å². The second-order valence-electron chi connectivity index (χ2n) is 8.54. The number of fused-ring (bicyclic) bond motifs is 2. The van der Waals surface area contributed by atoms with Crippen LogP contribution in [0.3, 0.4) is 0 Å². The zero-order valence-corrected chi connectivity index (χ0v) is 18.4. The highest BCUT2D eigenvalue weighted by atomic mass is 16.5. The van der Waals surface area contributed by atoms with Crippen LogP contribution in [0.15, 0.2) is 72.9 Å². The third-order valence-electron chi connectivity index (χ3n) is 6.57. The Bertz CT molecular complexity index is 1110. The molecule has 2 aliphatic heterocycles. The number of nitrogens with one attached hydrogen (secondary N) is 1. The van der Waals surface area contributed by atoms with Gasteiger partial charge in [0, 0.05) is 42.0 Å². The van der Waals surface area contributed by atoms with E-state index >= 15 is 0 Å². The SMILES string of the molecule is Nc1ccnc(N2CCC3(CC2)c2ccccc2OC3C(=O)NCCOc2ccccc2)c1. The molecule has 0 bridgehead atoms. The van der Waals surface area contributed by atoms with Gasteiger partial charge in [-0.2, -0.15) is 0 Å². The Hall–Kier alpha value is -3.74. The number of nitrogens with zero attached hydrogens (tertiary/aromatic N) is 2. The largest absolute Gasteiger partial charge is 0.492 e. The van der Waals surface area contributed by atoms with E-state index in [2.05, 4.69) is 21.3 Å². The Balaban J connectivity index is 1.27. The van der Waals surface area contributed by atoms with Gasteiger partial charge < -0.3 is 25.4 Å². The van der Waals surface area contributed by atoms with Crippen molar-refractivity contribution in [3.63, 3.8) is 0 Å². The number of pyridine rings is 1. The average molecular weight is 445 g/mol. The topological polar surface area (TPSA) is 89.7 Å². The maximum atomic E-state index is 13.3. The molecule has 1 fully saturated rings. The summed E-state index contributed by atoms with van der Waals surface area (Å²) in [6.45, 7) is 2.36. The van der Waals surface area contributed by atoms with Crippen molar-refractivity contribution < 1.29 is 14.3 Å². The van der Waals surface area contributed by atoms with Gasteiger partial charge >= 0.3 is 0 Å². The van der Waals surface area contributed by atoms with Crippen molar-refractivity contribution in [2.24, 2.45) is 0 Å². The van der Waals surface area contributed by atoms with Crippen LogP contribution in [-0.4, -0.2) is 43.2 Å². The number of rotatable bonds is 6. The number of amides is 1. The molecule has 1 unspecified atom stereocenters. The minimum absolute atomic E-state index is 0.0987. The summed E-state index contributed by atoms with van der Waals surface area (Å²) < 4.78 is 11.9. The van der Waals surface area contributed by atoms with E-state index in [0.29, 0.717) is 18.8 Å². The molecule has 1 amide bonds. The van der Waals surface area contributed by atoms with Crippen LogP contribution in [-0.2, 0) is 10.2 Å². The van der Waals surface area contributed by atoms with Gasteiger partial charge in [0.15, 0.2) is 6.10 Å². The second kappa shape index (κ2) is 9.02. The number of aromatic nitrogens is 1. The molecule has 5 rings (SSSR count). The summed E-state index contributed by atoms with van der Waals surface area (Å²) in [7, 11) is 0. The molecule has 170 valence electrons. The van der Waals surface area contributed by atoms with Crippen LogP contribution in [0.2, 0.25) is 0 Å². The van der Waals surface area contributed by atoms with E-state index in [4.69, 9.17) is 15.2 Å². The van der Waals surface area contributed by atoms with Gasteiger partial charge in [0.1, 0.15) is 23.9 Å². The average Bonchev–Trinajstić information content (AvgIpc) is 3.17. The number of nitrogen functional groups attached to an aromatic ring is 1. The van der Waals surface area contributed by atoms with E-state index in [1.807, 2.05) is 54.6 Å². The fourth-order valence-electron chi connectivity index (χ4n) is 4.89. The minimum Gasteiger partial charge on any atom is -0.492 e. The first-order chi connectivity index (χ1) is 16.2. The summed E-state index contributed by atoms with van der Waals surface area (Å²) in [5, 5.41) is 3.02. The molecule has 7 heteroatoms. The molecule has 33 heavy (non-hydrogen) atoms. The van der Waals surface area contributed by atoms with Crippen molar-refractivity contribution in [3.8, 4) is 11.5 Å². The summed E-state index contributed by atoms with van der Waals surface area (Å²) in [5.41, 5.74) is 7.40. The van der Waals surface area contributed by atoms with Gasteiger partial charge in [0.2, 0.25) is 0 Å². The van der Waals surface area contributed by atoms with Crippen LogP contribution in [0.1, 0.15) is 18.4 Å². The summed E-state index contributed by atoms with van der Waals surface area (Å²) in [6.07, 6.45) is 2.75. The molecular formula is C26H28N4O3. The van der Waals surface area contributed by atoms with Gasteiger partial charge in [-0.05, 0) is 37.1 Å². The molecule has 3 aromatic rings. The lowest BCUT2D eigenvalue weighted by molar-refractivity contribution is -0.130. The third-order valence-corrected chi connectivity index (χ3v) is 6.57. The fourth-order valence-corrected chi connectivity index (χ4v) is 4.89. The molecule has 1 atom stereocenters. The van der Waals surface area contributed by atoms with E-state index in [1.54, 1.807) is 12.3 Å². The summed E-state index contributed by atoms with van der Waals surface area (Å²) in [4.78, 5) is 20.0. The lowest BCUT2D eigenvalue weighted by atomic mass is 9.69. The zero-order chi connectivity index (χ0) is 22.7. The number of anilines is 2. The molecule has 0 aliphatic carbocycles. The number of para-hydroxylation sites is 2. The summed E-state index contributed by atoms with van der Waals surface area (Å²) >= 11 is 0. The van der Waals surface area contributed by atoms with Crippen LogP contribution in [0.5, 0.6) is 11.5 Å². The van der Waals surface area contributed by atoms with Crippen molar-refractivity contribution in [1.82, 2.24) is 10.3 Å². The summed E-state index contributed by atoms with van der Waals surface area (Å²) in [6, 6.07) is 21.3. The number of hydrogen-bond donors (Lipinski definition) is 2. The Morgan fingerprint density at radius 1 is 1.12 bits per heavy atom. The highest BCUT2D eigenvalue weighted by Gasteiger charge is 2.53. The molecule has 3 heterocycles. The van der Waals surface area contributed by atoms with Crippen molar-refractivity contribution in [3.05, 3.63) is 78.5 Å². The Morgan fingerprint density at radius 2 is 1.88 bits per heavy atom. The van der Waals surface area contributed by atoms with E-state index < -0.39 is 6.10 Å². The van der Waals surface area contributed by atoms with E-state index in [1.165, 1.54) is 0 Å². The lowest BCUT2D eigenvalue weighted by Gasteiger charge is -2.42. The first kappa shape index (κ1) is 21.1. The van der Waals surface area contributed by atoms with E-state index in [9.17, 15) is 4.79 Å². The first-order valence-corrected chi connectivity index (χ1v) is 11.3. The number of nitrogens with two attached hydrogens (primary N) is 1. The predicted molar refractivity (Wildman–Crippen MR) is 128 cm³/mol. The van der Waals surface area contributed by atoms with Crippen molar-refractivity contribution in [2.75, 3.05) is 36.9 Å². The fraction of sp³-hybridized carbons (Fsp3) is 0.308. The molecule has 1 saturated heterocycles. The highest BCUT2D eigenvalue weighted by Crippen LogP contribution is 2.49. The second-order valence-corrected chi connectivity index (χ2v) is 8.54. The number of carbonyl (C=O) groups excluding carboxylic acids is 1. The minimum atomic E-state index is -0.567. The van der Waals surface area contributed by atoms with E-state index in [-0.39, 0.29) is 11.3 Å². The normalized spacial score (nSPS) is 18.4. The monoisotopic (exact) mass is 444 g/mol. The van der Waals surface area contributed by atoms with Crippen LogP contribution in [0.25, 0.3) is 0 Å². The molecule has 7 nitrogen and oxygen atoms in total. The molecule has 2 aliphatic rings.